The SMILES string of the molecule is Cc1nn(C)c(C)c1CNC(=O)C(C)(C)Br. The fourth-order valence-corrected chi connectivity index (χ4v) is 1.59. The average Bonchev–Trinajstić information content (AvgIpc) is 2.37. The molecule has 5 heteroatoms. The van der Waals surface area contributed by atoms with Crippen LogP contribution in [0.1, 0.15) is 30.8 Å². The van der Waals surface area contributed by atoms with Crippen LogP contribution in [-0.2, 0) is 18.4 Å². The Hall–Kier alpha value is -0.840. The molecule has 0 spiro atoms. The van der Waals surface area contributed by atoms with Gasteiger partial charge in [-0.1, -0.05) is 15.9 Å². The molecule has 0 aliphatic heterocycles. The third-order valence-corrected chi connectivity index (χ3v) is 2.98. The van der Waals surface area contributed by atoms with E-state index in [1.165, 1.54) is 0 Å². The lowest BCUT2D eigenvalue weighted by atomic mass is 10.1. The van der Waals surface area contributed by atoms with Crippen molar-refractivity contribution in [3.8, 4) is 0 Å². The summed E-state index contributed by atoms with van der Waals surface area (Å²) in [6, 6.07) is 0. The lowest BCUT2D eigenvalue weighted by Gasteiger charge is -2.15. The first-order valence-corrected chi connectivity index (χ1v) is 5.99. The van der Waals surface area contributed by atoms with E-state index in [9.17, 15) is 4.79 Å². The molecule has 0 aliphatic rings. The summed E-state index contributed by atoms with van der Waals surface area (Å²) in [4.78, 5) is 11.7. The number of aromatic nitrogens is 2. The smallest absolute Gasteiger partial charge is 0.236 e. The molecule has 0 unspecified atom stereocenters. The van der Waals surface area contributed by atoms with Crippen molar-refractivity contribution in [1.29, 1.82) is 0 Å². The molecule has 0 aromatic carbocycles. The number of aryl methyl sites for hydroxylation is 2. The second kappa shape index (κ2) is 4.57. The van der Waals surface area contributed by atoms with E-state index < -0.39 is 4.32 Å². The van der Waals surface area contributed by atoms with E-state index >= 15 is 0 Å². The highest BCUT2D eigenvalue weighted by atomic mass is 79.9. The number of alkyl halides is 1. The molecule has 1 aromatic heterocycles. The van der Waals surface area contributed by atoms with Crippen LogP contribution >= 0.6 is 15.9 Å². The van der Waals surface area contributed by atoms with Crippen molar-refractivity contribution in [2.24, 2.45) is 7.05 Å². The fourth-order valence-electron chi connectivity index (χ4n) is 1.45. The van der Waals surface area contributed by atoms with E-state index in [2.05, 4.69) is 26.3 Å². The van der Waals surface area contributed by atoms with Crippen LogP contribution in [-0.4, -0.2) is 20.0 Å². The number of hydrogen-bond acceptors (Lipinski definition) is 2. The molecule has 0 radical (unpaired) electrons. The molecule has 0 saturated heterocycles. The monoisotopic (exact) mass is 287 g/mol. The second-order valence-electron chi connectivity index (χ2n) is 4.43. The Bertz CT molecular complexity index is 404. The lowest BCUT2D eigenvalue weighted by Crippen LogP contribution is -2.37. The zero-order valence-electron chi connectivity index (χ0n) is 10.4. The van der Waals surface area contributed by atoms with E-state index in [1.807, 2.05) is 39.4 Å². The molecule has 1 N–H and O–H groups in total. The molecule has 16 heavy (non-hydrogen) atoms. The number of amides is 1. The highest BCUT2D eigenvalue weighted by molar-refractivity contribution is 9.10. The molecule has 1 aromatic rings. The minimum absolute atomic E-state index is 0.0184. The van der Waals surface area contributed by atoms with Gasteiger partial charge in [-0.25, -0.2) is 0 Å². The van der Waals surface area contributed by atoms with Gasteiger partial charge < -0.3 is 5.32 Å². The Kier molecular flexibility index (Phi) is 3.78. The Morgan fingerprint density at radius 1 is 1.50 bits per heavy atom. The Morgan fingerprint density at radius 3 is 2.44 bits per heavy atom. The van der Waals surface area contributed by atoms with E-state index in [4.69, 9.17) is 0 Å². The molecule has 1 amide bonds. The Morgan fingerprint density at radius 2 is 2.06 bits per heavy atom. The highest BCUT2D eigenvalue weighted by Crippen LogP contribution is 2.17. The van der Waals surface area contributed by atoms with Crippen LogP contribution in [0.5, 0.6) is 0 Å². The minimum atomic E-state index is -0.531. The summed E-state index contributed by atoms with van der Waals surface area (Å²) in [6.07, 6.45) is 0. The standard InChI is InChI=1S/C11H18BrN3O/c1-7-9(8(2)15(5)14-7)6-13-10(16)11(3,4)12/h6H2,1-5H3,(H,13,16). The summed E-state index contributed by atoms with van der Waals surface area (Å²) < 4.78 is 1.30. The van der Waals surface area contributed by atoms with Gasteiger partial charge in [-0.05, 0) is 27.7 Å². The van der Waals surface area contributed by atoms with Crippen molar-refractivity contribution >= 4 is 21.8 Å². The number of halogens is 1. The second-order valence-corrected chi connectivity index (χ2v) is 6.41. The van der Waals surface area contributed by atoms with Crippen molar-refractivity contribution in [3.05, 3.63) is 17.0 Å². The number of carbonyl (C=O) groups is 1. The van der Waals surface area contributed by atoms with Crippen LogP contribution in [0.15, 0.2) is 0 Å². The van der Waals surface area contributed by atoms with E-state index in [1.54, 1.807) is 0 Å². The minimum Gasteiger partial charge on any atom is -0.351 e. The zero-order valence-corrected chi connectivity index (χ0v) is 12.0. The van der Waals surface area contributed by atoms with Gasteiger partial charge in [-0.3, -0.25) is 9.48 Å². The molecule has 0 aliphatic carbocycles. The normalized spacial score (nSPS) is 11.6. The van der Waals surface area contributed by atoms with Crippen LogP contribution in [0.2, 0.25) is 0 Å². The maximum Gasteiger partial charge on any atom is 0.236 e. The zero-order chi connectivity index (χ0) is 12.5. The van der Waals surface area contributed by atoms with Crippen LogP contribution in [0.3, 0.4) is 0 Å². The molecule has 1 rings (SSSR count). The number of nitrogens with zero attached hydrogens (tertiary/aromatic N) is 2. The van der Waals surface area contributed by atoms with Gasteiger partial charge in [0.15, 0.2) is 0 Å². The van der Waals surface area contributed by atoms with Crippen molar-refractivity contribution < 1.29 is 4.79 Å². The van der Waals surface area contributed by atoms with Gasteiger partial charge in [0.05, 0.1) is 10.0 Å². The summed E-state index contributed by atoms with van der Waals surface area (Å²) in [5.74, 6) is -0.0184. The quantitative estimate of drug-likeness (QED) is 0.863. The first-order valence-electron chi connectivity index (χ1n) is 5.19. The topological polar surface area (TPSA) is 46.9 Å². The summed E-state index contributed by atoms with van der Waals surface area (Å²) in [6.45, 7) is 8.13. The molecule has 90 valence electrons. The number of carbonyl (C=O) groups excluding carboxylic acids is 1. The largest absolute Gasteiger partial charge is 0.351 e. The molecular weight excluding hydrogens is 270 g/mol. The van der Waals surface area contributed by atoms with E-state index in [0.29, 0.717) is 6.54 Å². The van der Waals surface area contributed by atoms with Crippen LogP contribution < -0.4 is 5.32 Å². The third-order valence-electron chi connectivity index (χ3n) is 2.62. The predicted octanol–water partition coefficient (Wildman–Crippen LogP) is 1.83. The summed E-state index contributed by atoms with van der Waals surface area (Å²) in [5, 5.41) is 7.20. The van der Waals surface area contributed by atoms with Gasteiger partial charge in [0, 0.05) is 24.8 Å². The van der Waals surface area contributed by atoms with Gasteiger partial charge in [-0.15, -0.1) is 0 Å². The van der Waals surface area contributed by atoms with Gasteiger partial charge in [0.2, 0.25) is 5.91 Å². The van der Waals surface area contributed by atoms with Crippen LogP contribution in [0.4, 0.5) is 0 Å². The number of nitrogens with one attached hydrogen (secondary N) is 1. The van der Waals surface area contributed by atoms with Crippen molar-refractivity contribution in [1.82, 2.24) is 15.1 Å². The first-order chi connectivity index (χ1) is 7.23. The van der Waals surface area contributed by atoms with E-state index in [-0.39, 0.29) is 5.91 Å². The molecule has 0 atom stereocenters. The molecular formula is C11H18BrN3O. The van der Waals surface area contributed by atoms with Crippen LogP contribution in [0.25, 0.3) is 0 Å². The number of rotatable bonds is 3. The average molecular weight is 288 g/mol. The molecule has 0 bridgehead atoms. The van der Waals surface area contributed by atoms with Gasteiger partial charge >= 0.3 is 0 Å². The third kappa shape index (κ3) is 2.84. The Balaban J connectivity index is 2.72. The summed E-state index contributed by atoms with van der Waals surface area (Å²) in [7, 11) is 1.90. The molecule has 1 heterocycles. The Labute approximate surface area is 105 Å². The molecule has 4 nitrogen and oxygen atoms in total. The first kappa shape index (κ1) is 13.2. The van der Waals surface area contributed by atoms with Gasteiger partial charge in [0.25, 0.3) is 0 Å². The summed E-state index contributed by atoms with van der Waals surface area (Å²) in [5.41, 5.74) is 3.14. The molecule has 0 saturated carbocycles. The lowest BCUT2D eigenvalue weighted by molar-refractivity contribution is -0.122. The van der Waals surface area contributed by atoms with Crippen molar-refractivity contribution in [3.63, 3.8) is 0 Å². The highest BCUT2D eigenvalue weighted by Gasteiger charge is 2.23. The maximum atomic E-state index is 11.7. The van der Waals surface area contributed by atoms with Crippen molar-refractivity contribution in [2.75, 3.05) is 0 Å². The predicted molar refractivity (Wildman–Crippen MR) is 67.5 cm³/mol. The van der Waals surface area contributed by atoms with Gasteiger partial charge in [0.1, 0.15) is 0 Å². The molecule has 0 fully saturated rings. The maximum absolute atomic E-state index is 11.7. The fraction of sp³-hybridized carbons (Fsp3) is 0.636. The van der Waals surface area contributed by atoms with Crippen molar-refractivity contribution in [2.45, 2.75) is 38.6 Å². The van der Waals surface area contributed by atoms with E-state index in [0.717, 1.165) is 17.0 Å². The summed E-state index contributed by atoms with van der Waals surface area (Å²) >= 11 is 3.33. The van der Waals surface area contributed by atoms with Crippen LogP contribution in [0, 0.1) is 13.8 Å². The van der Waals surface area contributed by atoms with Gasteiger partial charge in [-0.2, -0.15) is 5.10 Å². The number of hydrogen-bond donors (Lipinski definition) is 1.